The molecule has 1 amide bonds. The van der Waals surface area contributed by atoms with Gasteiger partial charge in [0.1, 0.15) is 0 Å². The number of nitrogens with zero attached hydrogens (tertiary/aromatic N) is 2. The third-order valence-corrected chi connectivity index (χ3v) is 4.93. The van der Waals surface area contributed by atoms with Gasteiger partial charge in [-0.05, 0) is 29.3 Å². The highest BCUT2D eigenvalue weighted by Crippen LogP contribution is 2.25. The third kappa shape index (κ3) is 3.33. The summed E-state index contributed by atoms with van der Waals surface area (Å²) < 4.78 is 0. The van der Waals surface area contributed by atoms with E-state index in [9.17, 15) is 4.79 Å². The van der Waals surface area contributed by atoms with Gasteiger partial charge in [0.2, 0.25) is 0 Å². The van der Waals surface area contributed by atoms with Crippen LogP contribution in [-0.4, -0.2) is 37.0 Å². The molecule has 0 unspecified atom stereocenters. The quantitative estimate of drug-likeness (QED) is 0.708. The Bertz CT molecular complexity index is 869. The van der Waals surface area contributed by atoms with Gasteiger partial charge < -0.3 is 9.80 Å². The molecule has 4 rings (SSSR count). The van der Waals surface area contributed by atoms with Gasteiger partial charge >= 0.3 is 0 Å². The highest BCUT2D eigenvalue weighted by Gasteiger charge is 2.24. The molecule has 3 aromatic rings. The fourth-order valence-electron chi connectivity index (χ4n) is 3.52. The number of para-hydroxylation sites is 1. The summed E-state index contributed by atoms with van der Waals surface area (Å²) in [5, 5.41) is 0. The van der Waals surface area contributed by atoms with E-state index in [2.05, 4.69) is 41.3 Å². The molecule has 0 saturated carbocycles. The summed E-state index contributed by atoms with van der Waals surface area (Å²) in [6.07, 6.45) is 0. The fraction of sp³-hybridized carbons (Fsp3) is 0.174. The van der Waals surface area contributed by atoms with Gasteiger partial charge in [-0.1, -0.05) is 66.7 Å². The van der Waals surface area contributed by atoms with E-state index in [0.717, 1.165) is 42.9 Å². The number of benzene rings is 3. The van der Waals surface area contributed by atoms with Crippen molar-refractivity contribution in [2.45, 2.75) is 0 Å². The van der Waals surface area contributed by atoms with E-state index in [-0.39, 0.29) is 5.91 Å². The van der Waals surface area contributed by atoms with E-state index in [1.54, 1.807) is 0 Å². The number of hydrogen-bond donors (Lipinski definition) is 0. The Morgan fingerprint density at radius 2 is 1.23 bits per heavy atom. The molecule has 1 aliphatic rings. The lowest BCUT2D eigenvalue weighted by molar-refractivity contribution is 0.0747. The lowest BCUT2D eigenvalue weighted by Crippen LogP contribution is -2.48. The first-order valence-electron chi connectivity index (χ1n) is 9.06. The van der Waals surface area contributed by atoms with E-state index >= 15 is 0 Å². The van der Waals surface area contributed by atoms with E-state index in [1.165, 1.54) is 5.69 Å². The van der Waals surface area contributed by atoms with Crippen LogP contribution in [0.3, 0.4) is 0 Å². The SMILES string of the molecule is O=C(c1ccccc1-c1ccccc1)N1CCN(c2ccccc2)CC1. The highest BCUT2D eigenvalue weighted by molar-refractivity contribution is 6.01. The summed E-state index contributed by atoms with van der Waals surface area (Å²) in [4.78, 5) is 17.5. The molecule has 1 aliphatic heterocycles. The Balaban J connectivity index is 1.51. The molecule has 0 radical (unpaired) electrons. The van der Waals surface area contributed by atoms with Crippen LogP contribution in [0.5, 0.6) is 0 Å². The van der Waals surface area contributed by atoms with Gasteiger partial charge in [-0.25, -0.2) is 0 Å². The second-order valence-corrected chi connectivity index (χ2v) is 6.53. The smallest absolute Gasteiger partial charge is 0.254 e. The molecule has 1 fully saturated rings. The Kier molecular flexibility index (Phi) is 4.69. The topological polar surface area (TPSA) is 23.6 Å². The van der Waals surface area contributed by atoms with Crippen molar-refractivity contribution in [1.82, 2.24) is 4.90 Å². The van der Waals surface area contributed by atoms with Crippen LogP contribution in [0.4, 0.5) is 5.69 Å². The predicted octanol–water partition coefficient (Wildman–Crippen LogP) is 4.32. The average Bonchev–Trinajstić information content (AvgIpc) is 2.75. The summed E-state index contributed by atoms with van der Waals surface area (Å²) in [6.45, 7) is 3.22. The summed E-state index contributed by atoms with van der Waals surface area (Å²) in [6, 6.07) is 28.4. The minimum Gasteiger partial charge on any atom is -0.368 e. The van der Waals surface area contributed by atoms with Crippen molar-refractivity contribution < 1.29 is 4.79 Å². The molecule has 0 spiro atoms. The molecule has 1 saturated heterocycles. The molecule has 3 nitrogen and oxygen atoms in total. The molecule has 0 aliphatic carbocycles. The molecule has 0 bridgehead atoms. The number of carbonyl (C=O) groups is 1. The second-order valence-electron chi connectivity index (χ2n) is 6.53. The van der Waals surface area contributed by atoms with Gasteiger partial charge in [-0.3, -0.25) is 4.79 Å². The van der Waals surface area contributed by atoms with Crippen LogP contribution in [0, 0.1) is 0 Å². The zero-order valence-corrected chi connectivity index (χ0v) is 14.7. The van der Waals surface area contributed by atoms with Crippen LogP contribution in [0.1, 0.15) is 10.4 Å². The second kappa shape index (κ2) is 7.44. The molecular weight excluding hydrogens is 320 g/mol. The van der Waals surface area contributed by atoms with Crippen molar-refractivity contribution in [2.75, 3.05) is 31.1 Å². The normalized spacial score (nSPS) is 14.3. The lowest BCUT2D eigenvalue weighted by Gasteiger charge is -2.36. The Morgan fingerprint density at radius 3 is 1.92 bits per heavy atom. The van der Waals surface area contributed by atoms with Crippen LogP contribution in [0.25, 0.3) is 11.1 Å². The summed E-state index contributed by atoms with van der Waals surface area (Å²) in [7, 11) is 0. The number of amides is 1. The molecular formula is C23H22N2O. The van der Waals surface area contributed by atoms with Crippen LogP contribution >= 0.6 is 0 Å². The molecule has 26 heavy (non-hydrogen) atoms. The number of piperazine rings is 1. The van der Waals surface area contributed by atoms with Gasteiger partial charge in [0.25, 0.3) is 5.91 Å². The summed E-state index contributed by atoms with van der Waals surface area (Å²) in [5.41, 5.74) is 4.10. The van der Waals surface area contributed by atoms with E-state index in [0.29, 0.717) is 0 Å². The van der Waals surface area contributed by atoms with Gasteiger partial charge in [-0.2, -0.15) is 0 Å². The number of carbonyl (C=O) groups excluding carboxylic acids is 1. The van der Waals surface area contributed by atoms with Crippen LogP contribution in [0.2, 0.25) is 0 Å². The Labute approximate surface area is 154 Å². The lowest BCUT2D eigenvalue weighted by atomic mass is 9.98. The summed E-state index contributed by atoms with van der Waals surface area (Å²) in [5.74, 6) is 0.122. The number of rotatable bonds is 3. The molecule has 0 atom stereocenters. The van der Waals surface area contributed by atoms with Gasteiger partial charge in [0, 0.05) is 37.4 Å². The highest BCUT2D eigenvalue weighted by atomic mass is 16.2. The zero-order valence-electron chi connectivity index (χ0n) is 14.7. The van der Waals surface area contributed by atoms with Gasteiger partial charge in [0.15, 0.2) is 0 Å². The minimum atomic E-state index is 0.122. The third-order valence-electron chi connectivity index (χ3n) is 4.93. The maximum absolute atomic E-state index is 13.1. The van der Waals surface area contributed by atoms with Crippen molar-refractivity contribution in [3.63, 3.8) is 0 Å². The molecule has 1 heterocycles. The first-order chi connectivity index (χ1) is 12.8. The van der Waals surface area contributed by atoms with Crippen molar-refractivity contribution in [3.05, 3.63) is 90.5 Å². The first-order valence-corrected chi connectivity index (χ1v) is 9.06. The number of hydrogen-bond acceptors (Lipinski definition) is 2. The fourth-order valence-corrected chi connectivity index (χ4v) is 3.52. The van der Waals surface area contributed by atoms with Gasteiger partial charge in [-0.15, -0.1) is 0 Å². The monoisotopic (exact) mass is 342 g/mol. The molecule has 0 N–H and O–H groups in total. The maximum atomic E-state index is 13.1. The van der Waals surface area contributed by atoms with E-state index in [4.69, 9.17) is 0 Å². The molecule has 3 aromatic carbocycles. The number of anilines is 1. The van der Waals surface area contributed by atoms with Crippen molar-refractivity contribution in [1.29, 1.82) is 0 Å². The Morgan fingerprint density at radius 1 is 0.654 bits per heavy atom. The summed E-state index contributed by atoms with van der Waals surface area (Å²) >= 11 is 0. The van der Waals surface area contributed by atoms with Crippen LogP contribution in [-0.2, 0) is 0 Å². The van der Waals surface area contributed by atoms with Crippen LogP contribution < -0.4 is 4.90 Å². The molecule has 3 heteroatoms. The predicted molar refractivity (Wildman–Crippen MR) is 106 cm³/mol. The van der Waals surface area contributed by atoms with Gasteiger partial charge in [0.05, 0.1) is 0 Å². The standard InChI is InChI=1S/C23H22N2O/c26-23(22-14-8-7-13-21(22)19-9-3-1-4-10-19)25-17-15-24(16-18-25)20-11-5-2-6-12-20/h1-14H,15-18H2. The van der Waals surface area contributed by atoms with Crippen molar-refractivity contribution in [3.8, 4) is 11.1 Å². The first kappa shape index (κ1) is 16.4. The maximum Gasteiger partial charge on any atom is 0.254 e. The molecule has 0 aromatic heterocycles. The minimum absolute atomic E-state index is 0.122. The van der Waals surface area contributed by atoms with Crippen molar-refractivity contribution in [2.24, 2.45) is 0 Å². The van der Waals surface area contributed by atoms with Crippen molar-refractivity contribution >= 4 is 11.6 Å². The molecule has 130 valence electrons. The van der Waals surface area contributed by atoms with E-state index in [1.807, 2.05) is 53.4 Å². The average molecular weight is 342 g/mol. The van der Waals surface area contributed by atoms with E-state index < -0.39 is 0 Å². The Hall–Kier alpha value is -3.07. The zero-order chi connectivity index (χ0) is 17.8. The largest absolute Gasteiger partial charge is 0.368 e. The van der Waals surface area contributed by atoms with Crippen LogP contribution in [0.15, 0.2) is 84.9 Å².